The summed E-state index contributed by atoms with van der Waals surface area (Å²) in [4.78, 5) is 15.5. The largest absolute Gasteiger partial charge is 0.488 e. The summed E-state index contributed by atoms with van der Waals surface area (Å²) in [5.41, 5.74) is 1.13. The molecule has 0 saturated carbocycles. The van der Waals surface area contributed by atoms with Crippen molar-refractivity contribution < 1.29 is 14.3 Å². The molecule has 0 radical (unpaired) electrons. The third kappa shape index (κ3) is 3.23. The molecule has 4 nitrogen and oxygen atoms in total. The SMILES string of the molecule is COC(=O)c1c(OCc2ccccc2)ccnc1Cl. The van der Waals surface area contributed by atoms with Crippen LogP contribution in [0.15, 0.2) is 42.6 Å². The van der Waals surface area contributed by atoms with Gasteiger partial charge >= 0.3 is 5.97 Å². The molecule has 1 heterocycles. The third-order valence-electron chi connectivity index (χ3n) is 2.49. The fourth-order valence-corrected chi connectivity index (χ4v) is 1.79. The maximum absolute atomic E-state index is 11.6. The molecule has 0 aliphatic rings. The van der Waals surface area contributed by atoms with Crippen LogP contribution in [0.3, 0.4) is 0 Å². The molecule has 2 rings (SSSR count). The molecular weight excluding hydrogens is 266 g/mol. The van der Waals surface area contributed by atoms with E-state index in [1.54, 1.807) is 6.07 Å². The highest BCUT2D eigenvalue weighted by atomic mass is 35.5. The molecule has 0 unspecified atom stereocenters. The third-order valence-corrected chi connectivity index (χ3v) is 2.78. The van der Waals surface area contributed by atoms with E-state index in [1.165, 1.54) is 13.3 Å². The van der Waals surface area contributed by atoms with Gasteiger partial charge in [-0.25, -0.2) is 9.78 Å². The Morgan fingerprint density at radius 3 is 2.68 bits per heavy atom. The standard InChI is InChI=1S/C14H12ClNO3/c1-18-14(17)12-11(7-8-16-13(12)15)19-9-10-5-3-2-4-6-10/h2-8H,9H2,1H3. The van der Waals surface area contributed by atoms with E-state index in [-0.39, 0.29) is 10.7 Å². The normalized spacial score (nSPS) is 10.0. The average molecular weight is 278 g/mol. The fraction of sp³-hybridized carbons (Fsp3) is 0.143. The molecule has 0 amide bonds. The van der Waals surface area contributed by atoms with Crippen LogP contribution in [0.2, 0.25) is 5.15 Å². The van der Waals surface area contributed by atoms with E-state index in [0.717, 1.165) is 5.56 Å². The average Bonchev–Trinajstić information content (AvgIpc) is 2.45. The predicted octanol–water partition coefficient (Wildman–Crippen LogP) is 3.10. The minimum atomic E-state index is -0.568. The molecule has 98 valence electrons. The second kappa shape index (κ2) is 6.20. The molecule has 0 aliphatic carbocycles. The Hall–Kier alpha value is -2.07. The van der Waals surface area contributed by atoms with Gasteiger partial charge in [-0.2, -0.15) is 0 Å². The monoisotopic (exact) mass is 277 g/mol. The lowest BCUT2D eigenvalue weighted by Crippen LogP contribution is -2.07. The van der Waals surface area contributed by atoms with Crippen LogP contribution in [-0.4, -0.2) is 18.1 Å². The summed E-state index contributed by atoms with van der Waals surface area (Å²) in [7, 11) is 1.28. The Morgan fingerprint density at radius 2 is 2.00 bits per heavy atom. The van der Waals surface area contributed by atoms with Gasteiger partial charge in [0.15, 0.2) is 0 Å². The van der Waals surface area contributed by atoms with Gasteiger partial charge in [-0.05, 0) is 11.6 Å². The number of hydrogen-bond acceptors (Lipinski definition) is 4. The molecule has 0 saturated heterocycles. The Morgan fingerprint density at radius 1 is 1.26 bits per heavy atom. The van der Waals surface area contributed by atoms with Crippen LogP contribution in [0.5, 0.6) is 5.75 Å². The Kier molecular flexibility index (Phi) is 4.36. The number of benzene rings is 1. The van der Waals surface area contributed by atoms with Crippen LogP contribution in [-0.2, 0) is 11.3 Å². The van der Waals surface area contributed by atoms with Gasteiger partial charge in [0.05, 0.1) is 7.11 Å². The lowest BCUT2D eigenvalue weighted by atomic mass is 10.2. The summed E-state index contributed by atoms with van der Waals surface area (Å²) in [5.74, 6) is -0.211. The van der Waals surface area contributed by atoms with Crippen molar-refractivity contribution in [3.05, 3.63) is 58.9 Å². The van der Waals surface area contributed by atoms with Crippen molar-refractivity contribution in [2.24, 2.45) is 0 Å². The van der Waals surface area contributed by atoms with Gasteiger partial charge in [-0.3, -0.25) is 0 Å². The number of carbonyl (C=O) groups excluding carboxylic acids is 1. The van der Waals surface area contributed by atoms with E-state index in [2.05, 4.69) is 9.72 Å². The number of pyridine rings is 1. The number of rotatable bonds is 4. The minimum Gasteiger partial charge on any atom is -0.488 e. The predicted molar refractivity (Wildman–Crippen MR) is 71.4 cm³/mol. The first-order valence-electron chi connectivity index (χ1n) is 5.62. The maximum Gasteiger partial charge on any atom is 0.344 e. The molecule has 0 spiro atoms. The molecule has 0 aliphatic heterocycles. The van der Waals surface area contributed by atoms with Crippen molar-refractivity contribution in [2.45, 2.75) is 6.61 Å². The number of nitrogens with zero attached hydrogens (tertiary/aromatic N) is 1. The first kappa shape index (κ1) is 13.4. The lowest BCUT2D eigenvalue weighted by Gasteiger charge is -2.10. The Bertz CT molecular complexity index is 572. The summed E-state index contributed by atoms with van der Waals surface area (Å²) >= 11 is 5.89. The maximum atomic E-state index is 11.6. The first-order chi connectivity index (χ1) is 9.22. The molecule has 1 aromatic carbocycles. The second-order valence-corrected chi connectivity index (χ2v) is 4.10. The minimum absolute atomic E-state index is 0.0670. The molecule has 0 atom stereocenters. The van der Waals surface area contributed by atoms with Crippen LogP contribution in [0, 0.1) is 0 Å². The van der Waals surface area contributed by atoms with Crippen molar-refractivity contribution in [3.8, 4) is 5.75 Å². The number of carbonyl (C=O) groups is 1. The lowest BCUT2D eigenvalue weighted by molar-refractivity contribution is 0.0595. The zero-order valence-corrected chi connectivity index (χ0v) is 11.1. The molecular formula is C14H12ClNO3. The summed E-state index contributed by atoms with van der Waals surface area (Å²) in [6.45, 7) is 0.338. The molecule has 0 N–H and O–H groups in total. The fourth-order valence-electron chi connectivity index (χ4n) is 1.56. The smallest absolute Gasteiger partial charge is 0.344 e. The number of ether oxygens (including phenoxy) is 2. The van der Waals surface area contributed by atoms with Crippen LogP contribution < -0.4 is 4.74 Å². The van der Waals surface area contributed by atoms with Gasteiger partial charge in [0.25, 0.3) is 0 Å². The van der Waals surface area contributed by atoms with Crippen molar-refractivity contribution in [1.82, 2.24) is 4.98 Å². The van der Waals surface area contributed by atoms with E-state index in [0.29, 0.717) is 12.4 Å². The number of aromatic nitrogens is 1. The molecule has 1 aromatic heterocycles. The van der Waals surface area contributed by atoms with Gasteiger partial charge in [0.2, 0.25) is 0 Å². The molecule has 5 heteroatoms. The van der Waals surface area contributed by atoms with Crippen molar-refractivity contribution in [1.29, 1.82) is 0 Å². The summed E-state index contributed by atoms with van der Waals surface area (Å²) in [6.07, 6.45) is 1.48. The Balaban J connectivity index is 2.21. The highest BCUT2D eigenvalue weighted by Crippen LogP contribution is 2.25. The molecule has 19 heavy (non-hydrogen) atoms. The molecule has 0 fully saturated rings. The first-order valence-corrected chi connectivity index (χ1v) is 5.99. The number of halogens is 1. The van der Waals surface area contributed by atoms with Crippen LogP contribution >= 0.6 is 11.6 Å². The number of esters is 1. The summed E-state index contributed by atoms with van der Waals surface area (Å²) < 4.78 is 10.3. The highest BCUT2D eigenvalue weighted by Gasteiger charge is 2.18. The van der Waals surface area contributed by atoms with Crippen molar-refractivity contribution >= 4 is 17.6 Å². The van der Waals surface area contributed by atoms with Crippen molar-refractivity contribution in [2.75, 3.05) is 7.11 Å². The van der Waals surface area contributed by atoms with Gasteiger partial charge in [-0.15, -0.1) is 0 Å². The zero-order chi connectivity index (χ0) is 13.7. The van der Waals surface area contributed by atoms with E-state index in [9.17, 15) is 4.79 Å². The Labute approximate surface area is 115 Å². The summed E-state index contributed by atoms with van der Waals surface area (Å²) in [5, 5.41) is 0.0670. The zero-order valence-electron chi connectivity index (χ0n) is 10.3. The van der Waals surface area contributed by atoms with E-state index >= 15 is 0 Å². The van der Waals surface area contributed by atoms with Gasteiger partial charge < -0.3 is 9.47 Å². The van der Waals surface area contributed by atoms with E-state index in [1.807, 2.05) is 30.3 Å². The topological polar surface area (TPSA) is 48.4 Å². The second-order valence-electron chi connectivity index (χ2n) is 3.74. The summed E-state index contributed by atoms with van der Waals surface area (Å²) in [6, 6.07) is 11.2. The van der Waals surface area contributed by atoms with Crippen LogP contribution in [0.25, 0.3) is 0 Å². The number of hydrogen-bond donors (Lipinski definition) is 0. The molecule has 0 bridgehead atoms. The highest BCUT2D eigenvalue weighted by molar-refractivity contribution is 6.32. The van der Waals surface area contributed by atoms with Crippen LogP contribution in [0.1, 0.15) is 15.9 Å². The van der Waals surface area contributed by atoms with E-state index < -0.39 is 5.97 Å². The van der Waals surface area contributed by atoms with Crippen molar-refractivity contribution in [3.63, 3.8) is 0 Å². The van der Waals surface area contributed by atoms with E-state index in [4.69, 9.17) is 16.3 Å². The number of methoxy groups -OCH3 is 1. The van der Waals surface area contributed by atoms with Gasteiger partial charge in [0, 0.05) is 6.20 Å². The van der Waals surface area contributed by atoms with Gasteiger partial charge in [-0.1, -0.05) is 41.9 Å². The molecule has 2 aromatic rings. The van der Waals surface area contributed by atoms with Crippen LogP contribution in [0.4, 0.5) is 0 Å². The van der Waals surface area contributed by atoms with Gasteiger partial charge in [0.1, 0.15) is 23.1 Å². The quantitative estimate of drug-likeness (QED) is 0.636.